The van der Waals surface area contributed by atoms with Crippen LogP contribution in [0.4, 0.5) is 21.2 Å². The number of fused-ring (bicyclic) bond motifs is 1. The van der Waals surface area contributed by atoms with Crippen molar-refractivity contribution >= 4 is 34.9 Å². The largest absolute Gasteiger partial charge is 0.444 e. The number of aromatic nitrogens is 2. The maximum absolute atomic E-state index is 12.8. The minimum atomic E-state index is -0.664. The fraction of sp³-hybridized carbons (Fsp3) is 0.550. The van der Waals surface area contributed by atoms with E-state index in [-0.39, 0.29) is 0 Å². The van der Waals surface area contributed by atoms with Crippen LogP contribution in [0.1, 0.15) is 41.5 Å². The molecular weight excluding hydrogens is 374 g/mol. The molecule has 0 spiro atoms. The highest BCUT2D eigenvalue weighted by Crippen LogP contribution is 2.25. The number of amides is 1. The number of hydrogen-bond donors (Lipinski definition) is 2. The summed E-state index contributed by atoms with van der Waals surface area (Å²) < 4.78 is 12.2. The van der Waals surface area contributed by atoms with Gasteiger partial charge in [0.1, 0.15) is 16.7 Å². The molecule has 1 heterocycles. The van der Waals surface area contributed by atoms with E-state index >= 15 is 0 Å². The summed E-state index contributed by atoms with van der Waals surface area (Å²) in [6, 6.07) is 5.22. The number of nitrogens with one attached hydrogen (secondary N) is 1. The number of carbonyl (C=O) groups excluding carboxylic acids is 2. The van der Waals surface area contributed by atoms with Gasteiger partial charge < -0.3 is 25.4 Å². The van der Waals surface area contributed by atoms with Gasteiger partial charge in [0.25, 0.3) is 0 Å². The highest BCUT2D eigenvalue weighted by Gasteiger charge is 2.24. The fourth-order valence-electron chi connectivity index (χ4n) is 2.50. The standard InChI is InChI=1S/C20H31N5O4/c1-19(2,3)28-17(26)24(7)12-11-22-16-23-15-13(21)9-8-10-14(15)25(16)18(27)29-20(4,5)6/h8-10H,11-12,21H2,1-7H3,(H,22,23). The first-order valence-electron chi connectivity index (χ1n) is 9.47. The topological polar surface area (TPSA) is 112 Å². The molecule has 0 atom stereocenters. The molecule has 0 saturated carbocycles. The predicted molar refractivity (Wildman–Crippen MR) is 113 cm³/mol. The lowest BCUT2D eigenvalue weighted by Gasteiger charge is -2.24. The first-order chi connectivity index (χ1) is 13.3. The van der Waals surface area contributed by atoms with Crippen molar-refractivity contribution in [2.24, 2.45) is 0 Å². The number of para-hydroxylation sites is 1. The molecule has 29 heavy (non-hydrogen) atoms. The summed E-state index contributed by atoms with van der Waals surface area (Å²) in [5, 5.41) is 3.09. The highest BCUT2D eigenvalue weighted by molar-refractivity contribution is 5.96. The van der Waals surface area contributed by atoms with Crippen LogP contribution in [0, 0.1) is 0 Å². The van der Waals surface area contributed by atoms with Crippen molar-refractivity contribution in [1.82, 2.24) is 14.5 Å². The zero-order valence-corrected chi connectivity index (χ0v) is 18.2. The van der Waals surface area contributed by atoms with Crippen molar-refractivity contribution in [3.63, 3.8) is 0 Å². The zero-order chi connectivity index (χ0) is 22.0. The maximum atomic E-state index is 12.8. The van der Waals surface area contributed by atoms with Gasteiger partial charge in [0.15, 0.2) is 0 Å². The molecule has 160 valence electrons. The molecule has 0 aliphatic heterocycles. The van der Waals surface area contributed by atoms with E-state index < -0.39 is 23.4 Å². The molecule has 0 bridgehead atoms. The van der Waals surface area contributed by atoms with Crippen molar-refractivity contribution in [1.29, 1.82) is 0 Å². The first kappa shape index (κ1) is 22.3. The van der Waals surface area contributed by atoms with Crippen LogP contribution in [0.3, 0.4) is 0 Å². The van der Waals surface area contributed by atoms with Gasteiger partial charge in [-0.3, -0.25) is 0 Å². The second kappa shape index (κ2) is 8.18. The molecule has 2 aromatic rings. The molecule has 3 N–H and O–H groups in total. The van der Waals surface area contributed by atoms with Gasteiger partial charge in [0.05, 0.1) is 11.2 Å². The van der Waals surface area contributed by atoms with E-state index in [0.717, 1.165) is 0 Å². The summed E-state index contributed by atoms with van der Waals surface area (Å²) in [6.07, 6.45) is -0.988. The molecule has 1 aromatic carbocycles. The molecule has 1 aromatic heterocycles. The average Bonchev–Trinajstić information content (AvgIpc) is 2.91. The quantitative estimate of drug-likeness (QED) is 0.746. The van der Waals surface area contributed by atoms with Gasteiger partial charge in [-0.2, -0.15) is 0 Å². The minimum Gasteiger partial charge on any atom is -0.444 e. The van der Waals surface area contributed by atoms with Crippen molar-refractivity contribution in [3.8, 4) is 0 Å². The summed E-state index contributed by atoms with van der Waals surface area (Å²) in [5.74, 6) is 0.296. The third-order valence-electron chi connectivity index (χ3n) is 3.73. The SMILES string of the molecule is CN(CCNc1nc2c(N)cccc2n1C(=O)OC(C)(C)C)C(=O)OC(C)(C)C. The number of imidazole rings is 1. The van der Waals surface area contributed by atoms with Crippen molar-refractivity contribution < 1.29 is 19.1 Å². The number of benzene rings is 1. The van der Waals surface area contributed by atoms with Gasteiger partial charge in [0.2, 0.25) is 5.95 Å². The summed E-state index contributed by atoms with van der Waals surface area (Å²) >= 11 is 0. The minimum absolute atomic E-state index is 0.296. The average molecular weight is 405 g/mol. The number of ether oxygens (including phenoxy) is 2. The molecule has 0 aliphatic carbocycles. The Morgan fingerprint density at radius 3 is 2.34 bits per heavy atom. The van der Waals surface area contributed by atoms with E-state index in [2.05, 4.69) is 10.3 Å². The van der Waals surface area contributed by atoms with Gasteiger partial charge in [-0.25, -0.2) is 19.1 Å². The van der Waals surface area contributed by atoms with Gasteiger partial charge in [0, 0.05) is 20.1 Å². The second-order valence-electron chi connectivity index (χ2n) is 8.79. The van der Waals surface area contributed by atoms with Crippen LogP contribution in [0.25, 0.3) is 11.0 Å². The van der Waals surface area contributed by atoms with Crippen LogP contribution in [0.2, 0.25) is 0 Å². The van der Waals surface area contributed by atoms with Crippen molar-refractivity contribution in [2.45, 2.75) is 52.7 Å². The van der Waals surface area contributed by atoms with Gasteiger partial charge in [-0.05, 0) is 53.7 Å². The Morgan fingerprint density at radius 2 is 1.76 bits per heavy atom. The number of nitrogen functional groups attached to an aromatic ring is 1. The van der Waals surface area contributed by atoms with E-state index in [1.54, 1.807) is 46.0 Å². The van der Waals surface area contributed by atoms with E-state index in [1.165, 1.54) is 9.47 Å². The Hall–Kier alpha value is -2.97. The lowest BCUT2D eigenvalue weighted by atomic mass is 10.2. The maximum Gasteiger partial charge on any atom is 0.421 e. The van der Waals surface area contributed by atoms with Crippen LogP contribution >= 0.6 is 0 Å². The molecule has 0 aliphatic rings. The first-order valence-corrected chi connectivity index (χ1v) is 9.47. The van der Waals surface area contributed by atoms with Crippen LogP contribution in [-0.2, 0) is 9.47 Å². The molecule has 1 amide bonds. The highest BCUT2D eigenvalue weighted by atomic mass is 16.6. The molecular formula is C20H31N5O4. The number of rotatable bonds is 4. The molecule has 0 radical (unpaired) electrons. The summed E-state index contributed by atoms with van der Waals surface area (Å²) in [5.41, 5.74) is 6.29. The fourth-order valence-corrected chi connectivity index (χ4v) is 2.50. The third kappa shape index (κ3) is 6.00. The third-order valence-corrected chi connectivity index (χ3v) is 3.73. The van der Waals surface area contributed by atoms with E-state index in [9.17, 15) is 9.59 Å². The summed E-state index contributed by atoms with van der Waals surface area (Å²) in [7, 11) is 1.64. The Balaban J connectivity index is 2.20. The molecule has 0 saturated heterocycles. The van der Waals surface area contributed by atoms with E-state index in [0.29, 0.717) is 35.8 Å². The number of nitrogens with zero attached hydrogens (tertiary/aromatic N) is 3. The van der Waals surface area contributed by atoms with E-state index in [1.807, 2.05) is 20.8 Å². The monoisotopic (exact) mass is 405 g/mol. The van der Waals surface area contributed by atoms with Crippen LogP contribution in [-0.4, -0.2) is 58.0 Å². The van der Waals surface area contributed by atoms with Crippen LogP contribution in [0.5, 0.6) is 0 Å². The number of carbonyl (C=O) groups is 2. The Labute approximate surface area is 171 Å². The van der Waals surface area contributed by atoms with Crippen molar-refractivity contribution in [3.05, 3.63) is 18.2 Å². The number of hydrogen-bond acceptors (Lipinski definition) is 7. The molecule has 2 rings (SSSR count). The summed E-state index contributed by atoms with van der Waals surface area (Å²) in [6.45, 7) is 11.5. The normalized spacial score (nSPS) is 12.0. The Morgan fingerprint density at radius 1 is 1.14 bits per heavy atom. The number of anilines is 2. The van der Waals surface area contributed by atoms with Crippen molar-refractivity contribution in [2.75, 3.05) is 31.2 Å². The molecule has 0 fully saturated rings. The van der Waals surface area contributed by atoms with Gasteiger partial charge >= 0.3 is 12.2 Å². The molecule has 9 nitrogen and oxygen atoms in total. The van der Waals surface area contributed by atoms with E-state index in [4.69, 9.17) is 15.2 Å². The zero-order valence-electron chi connectivity index (χ0n) is 18.2. The Kier molecular flexibility index (Phi) is 6.30. The van der Waals surface area contributed by atoms with Gasteiger partial charge in [-0.1, -0.05) is 6.07 Å². The van der Waals surface area contributed by atoms with Crippen LogP contribution in [0.15, 0.2) is 18.2 Å². The second-order valence-corrected chi connectivity index (χ2v) is 8.79. The lowest BCUT2D eigenvalue weighted by molar-refractivity contribution is 0.0304. The smallest absolute Gasteiger partial charge is 0.421 e. The predicted octanol–water partition coefficient (Wildman–Crippen LogP) is 3.68. The van der Waals surface area contributed by atoms with Crippen LogP contribution < -0.4 is 11.1 Å². The molecule has 9 heteroatoms. The number of likely N-dealkylation sites (N-methyl/N-ethyl adjacent to an activating group) is 1. The Bertz CT molecular complexity index is 893. The summed E-state index contributed by atoms with van der Waals surface area (Å²) in [4.78, 5) is 30.8. The molecule has 0 unspecified atom stereocenters. The lowest BCUT2D eigenvalue weighted by Crippen LogP contribution is -2.37. The number of nitrogens with two attached hydrogens (primary N) is 1. The van der Waals surface area contributed by atoms with Gasteiger partial charge in [-0.15, -0.1) is 0 Å².